The van der Waals surface area contributed by atoms with Crippen LogP contribution in [0.4, 0.5) is 5.69 Å². The predicted molar refractivity (Wildman–Crippen MR) is 110 cm³/mol. The van der Waals surface area contributed by atoms with Crippen LogP contribution in [-0.4, -0.2) is 26.4 Å². The topological polar surface area (TPSA) is 66.5 Å². The van der Waals surface area contributed by atoms with E-state index in [2.05, 4.69) is 5.32 Å². The van der Waals surface area contributed by atoms with Gasteiger partial charge in [-0.3, -0.25) is 9.10 Å². The number of amides is 1. The number of rotatable bonds is 4. The highest BCUT2D eigenvalue weighted by Gasteiger charge is 2.36. The van der Waals surface area contributed by atoms with Crippen LogP contribution in [0.2, 0.25) is 0 Å². The number of nitrogens with zero attached hydrogens (tertiary/aromatic N) is 1. The quantitative estimate of drug-likeness (QED) is 0.852. The van der Waals surface area contributed by atoms with Crippen LogP contribution in [0.5, 0.6) is 0 Å². The van der Waals surface area contributed by atoms with Gasteiger partial charge in [-0.1, -0.05) is 30.5 Å². The smallest absolute Gasteiger partial charge is 0.264 e. The normalized spacial score (nSPS) is 19.6. The summed E-state index contributed by atoms with van der Waals surface area (Å²) in [5.74, 6) is -0.0674. The van der Waals surface area contributed by atoms with Crippen molar-refractivity contribution in [3.05, 3.63) is 59.2 Å². The fourth-order valence-corrected chi connectivity index (χ4v) is 5.97. The van der Waals surface area contributed by atoms with Gasteiger partial charge in [0.25, 0.3) is 15.9 Å². The van der Waals surface area contributed by atoms with E-state index in [1.54, 1.807) is 24.3 Å². The first-order chi connectivity index (χ1) is 13.4. The average molecular weight is 399 g/mol. The Labute approximate surface area is 166 Å². The summed E-state index contributed by atoms with van der Waals surface area (Å²) in [4.78, 5) is 12.9. The molecule has 148 valence electrons. The first-order valence-electron chi connectivity index (χ1n) is 9.91. The molecule has 0 spiro atoms. The van der Waals surface area contributed by atoms with Crippen molar-refractivity contribution < 1.29 is 13.2 Å². The Morgan fingerprint density at radius 2 is 1.75 bits per heavy atom. The average Bonchev–Trinajstić information content (AvgIpc) is 3.28. The SMILES string of the molecule is Cc1ccc(S(=O)(=O)N2c3ccc(C(=O)NC4CCCC4)cc3C[C@H]2C)cc1. The van der Waals surface area contributed by atoms with Crippen molar-refractivity contribution >= 4 is 21.6 Å². The van der Waals surface area contributed by atoms with Crippen molar-refractivity contribution in [2.45, 2.75) is 62.9 Å². The Morgan fingerprint density at radius 1 is 1.07 bits per heavy atom. The lowest BCUT2D eigenvalue weighted by atomic mass is 10.1. The van der Waals surface area contributed by atoms with E-state index in [-0.39, 0.29) is 18.0 Å². The molecule has 0 bridgehead atoms. The zero-order valence-electron chi connectivity index (χ0n) is 16.3. The number of nitrogens with one attached hydrogen (secondary N) is 1. The Hall–Kier alpha value is -2.34. The number of fused-ring (bicyclic) bond motifs is 1. The number of benzene rings is 2. The maximum Gasteiger partial charge on any atom is 0.264 e. The van der Waals surface area contributed by atoms with E-state index in [0.29, 0.717) is 22.6 Å². The number of sulfonamides is 1. The standard InChI is InChI=1S/C22H26N2O3S/c1-15-7-10-20(11-8-15)28(26,27)24-16(2)13-18-14-17(9-12-21(18)24)22(25)23-19-5-3-4-6-19/h7-12,14,16,19H,3-6,13H2,1-2H3,(H,23,25)/t16-/m1/s1. The number of carbonyl (C=O) groups is 1. The molecular weight excluding hydrogens is 372 g/mol. The lowest BCUT2D eigenvalue weighted by Gasteiger charge is -2.24. The van der Waals surface area contributed by atoms with Gasteiger partial charge in [0, 0.05) is 17.6 Å². The van der Waals surface area contributed by atoms with Crippen LogP contribution in [0, 0.1) is 6.92 Å². The molecule has 2 aliphatic rings. The molecule has 1 atom stereocenters. The monoisotopic (exact) mass is 398 g/mol. The molecule has 2 aromatic rings. The van der Waals surface area contributed by atoms with Crippen LogP contribution in [0.3, 0.4) is 0 Å². The van der Waals surface area contributed by atoms with Crippen LogP contribution in [0.25, 0.3) is 0 Å². The third kappa shape index (κ3) is 3.41. The molecule has 6 heteroatoms. The highest BCUT2D eigenvalue weighted by atomic mass is 32.2. The second kappa shape index (κ2) is 7.24. The van der Waals surface area contributed by atoms with Gasteiger partial charge in [-0.05, 0) is 69.0 Å². The Bertz CT molecular complexity index is 993. The molecule has 1 saturated carbocycles. The highest BCUT2D eigenvalue weighted by Crippen LogP contribution is 2.37. The maximum absolute atomic E-state index is 13.2. The lowest BCUT2D eigenvalue weighted by molar-refractivity contribution is 0.0938. The van der Waals surface area contributed by atoms with Gasteiger partial charge >= 0.3 is 0 Å². The molecule has 5 nitrogen and oxygen atoms in total. The molecule has 4 rings (SSSR count). The third-order valence-electron chi connectivity index (χ3n) is 5.76. The fourth-order valence-electron chi connectivity index (χ4n) is 4.27. The molecule has 1 aliphatic heterocycles. The first-order valence-corrected chi connectivity index (χ1v) is 11.3. The number of carbonyl (C=O) groups excluding carboxylic acids is 1. The minimum absolute atomic E-state index is 0.0674. The molecule has 1 amide bonds. The summed E-state index contributed by atoms with van der Waals surface area (Å²) < 4.78 is 27.9. The first kappa shape index (κ1) is 19.0. The molecule has 0 radical (unpaired) electrons. The van der Waals surface area contributed by atoms with Crippen LogP contribution in [0.1, 0.15) is 54.1 Å². The van der Waals surface area contributed by atoms with Crippen LogP contribution < -0.4 is 9.62 Å². The van der Waals surface area contributed by atoms with E-state index >= 15 is 0 Å². The van der Waals surface area contributed by atoms with Gasteiger partial charge in [0.2, 0.25) is 0 Å². The summed E-state index contributed by atoms with van der Waals surface area (Å²) in [6.07, 6.45) is 5.01. The van der Waals surface area contributed by atoms with Gasteiger partial charge in [0.1, 0.15) is 0 Å². The van der Waals surface area contributed by atoms with E-state index in [4.69, 9.17) is 0 Å². The Balaban J connectivity index is 1.62. The molecule has 1 heterocycles. The van der Waals surface area contributed by atoms with Crippen molar-refractivity contribution in [3.8, 4) is 0 Å². The lowest BCUT2D eigenvalue weighted by Crippen LogP contribution is -2.35. The number of aryl methyl sites for hydroxylation is 1. The number of anilines is 1. The van der Waals surface area contributed by atoms with Crippen LogP contribution in [-0.2, 0) is 16.4 Å². The molecule has 0 saturated heterocycles. The van der Waals surface area contributed by atoms with E-state index in [1.807, 2.05) is 32.0 Å². The van der Waals surface area contributed by atoms with Crippen molar-refractivity contribution in [1.29, 1.82) is 0 Å². The molecular formula is C22H26N2O3S. The highest BCUT2D eigenvalue weighted by molar-refractivity contribution is 7.92. The Morgan fingerprint density at radius 3 is 2.43 bits per heavy atom. The van der Waals surface area contributed by atoms with Gasteiger partial charge in [0.05, 0.1) is 10.6 Å². The molecule has 1 aliphatic carbocycles. The summed E-state index contributed by atoms with van der Waals surface area (Å²) in [5.41, 5.74) is 3.20. The molecule has 0 aromatic heterocycles. The maximum atomic E-state index is 13.2. The van der Waals surface area contributed by atoms with Gasteiger partial charge in [-0.2, -0.15) is 0 Å². The molecule has 1 N–H and O–H groups in total. The minimum Gasteiger partial charge on any atom is -0.349 e. The van der Waals surface area contributed by atoms with E-state index in [1.165, 1.54) is 17.1 Å². The molecule has 28 heavy (non-hydrogen) atoms. The van der Waals surface area contributed by atoms with Crippen molar-refractivity contribution in [1.82, 2.24) is 5.32 Å². The summed E-state index contributed by atoms with van der Waals surface area (Å²) in [7, 11) is -3.64. The van der Waals surface area contributed by atoms with E-state index < -0.39 is 10.0 Å². The number of hydrogen-bond acceptors (Lipinski definition) is 3. The zero-order chi connectivity index (χ0) is 19.9. The van der Waals surface area contributed by atoms with Crippen molar-refractivity contribution in [2.75, 3.05) is 4.31 Å². The van der Waals surface area contributed by atoms with Crippen LogP contribution >= 0.6 is 0 Å². The Kier molecular flexibility index (Phi) is 4.91. The second-order valence-electron chi connectivity index (χ2n) is 7.97. The number of hydrogen-bond donors (Lipinski definition) is 1. The zero-order valence-corrected chi connectivity index (χ0v) is 17.1. The van der Waals surface area contributed by atoms with Crippen molar-refractivity contribution in [3.63, 3.8) is 0 Å². The summed E-state index contributed by atoms with van der Waals surface area (Å²) in [5, 5.41) is 3.10. The summed E-state index contributed by atoms with van der Waals surface area (Å²) in [6, 6.07) is 12.4. The minimum atomic E-state index is -3.64. The molecule has 0 unspecified atom stereocenters. The predicted octanol–water partition coefficient (Wildman–Crippen LogP) is 3.81. The molecule has 2 aromatic carbocycles. The fraction of sp³-hybridized carbons (Fsp3) is 0.409. The van der Waals surface area contributed by atoms with Crippen LogP contribution in [0.15, 0.2) is 47.4 Å². The van der Waals surface area contributed by atoms with Gasteiger partial charge < -0.3 is 5.32 Å². The third-order valence-corrected chi connectivity index (χ3v) is 7.71. The summed E-state index contributed by atoms with van der Waals surface area (Å²) >= 11 is 0. The molecule has 1 fully saturated rings. The summed E-state index contributed by atoms with van der Waals surface area (Å²) in [6.45, 7) is 3.84. The second-order valence-corrected chi connectivity index (χ2v) is 9.78. The van der Waals surface area contributed by atoms with Gasteiger partial charge in [-0.25, -0.2) is 8.42 Å². The van der Waals surface area contributed by atoms with E-state index in [0.717, 1.165) is 24.0 Å². The largest absolute Gasteiger partial charge is 0.349 e. The van der Waals surface area contributed by atoms with Gasteiger partial charge in [0.15, 0.2) is 0 Å². The van der Waals surface area contributed by atoms with Crippen molar-refractivity contribution in [2.24, 2.45) is 0 Å². The van der Waals surface area contributed by atoms with E-state index in [9.17, 15) is 13.2 Å². The van der Waals surface area contributed by atoms with Gasteiger partial charge in [-0.15, -0.1) is 0 Å².